The molecule has 0 unspecified atom stereocenters. The number of hydrogen-bond donors (Lipinski definition) is 2. The van der Waals surface area contributed by atoms with Crippen molar-refractivity contribution < 1.29 is 9.59 Å². The second-order valence-corrected chi connectivity index (χ2v) is 6.96. The lowest BCUT2D eigenvalue weighted by Gasteiger charge is -2.28. The summed E-state index contributed by atoms with van der Waals surface area (Å²) in [5.74, 6) is 0.0419. The highest BCUT2D eigenvalue weighted by atomic mass is 16.2. The summed E-state index contributed by atoms with van der Waals surface area (Å²) in [6.07, 6.45) is 5.71. The summed E-state index contributed by atoms with van der Waals surface area (Å²) in [6, 6.07) is 3.34. The lowest BCUT2D eigenvalue weighted by atomic mass is 9.96. The van der Waals surface area contributed by atoms with Crippen LogP contribution < -0.4 is 10.6 Å². The molecule has 1 atom stereocenters. The number of likely N-dealkylation sites (tertiary alicyclic amines) is 1. The first-order valence-corrected chi connectivity index (χ1v) is 9.10. The fourth-order valence-corrected chi connectivity index (χ4v) is 3.20. The fourth-order valence-electron chi connectivity index (χ4n) is 3.20. The minimum Gasteiger partial charge on any atom is -0.356 e. The zero-order valence-electron chi connectivity index (χ0n) is 15.3. The number of rotatable bonds is 6. The fraction of sp³-hybridized carbons (Fsp3) is 0.556. The molecule has 3 heterocycles. The average molecular weight is 358 g/mol. The van der Waals surface area contributed by atoms with Crippen LogP contribution in [0, 0.1) is 5.92 Å². The summed E-state index contributed by atoms with van der Waals surface area (Å²) >= 11 is 0. The summed E-state index contributed by atoms with van der Waals surface area (Å²) in [4.78, 5) is 31.1. The molecule has 1 aliphatic heterocycles. The number of piperidine rings is 1. The van der Waals surface area contributed by atoms with Crippen molar-refractivity contribution in [3.63, 3.8) is 0 Å². The molecule has 140 valence electrons. The molecule has 1 aliphatic rings. The number of carbonyl (C=O) groups is 2. The van der Waals surface area contributed by atoms with Crippen LogP contribution in [0.5, 0.6) is 0 Å². The Morgan fingerprint density at radius 1 is 1.27 bits per heavy atom. The molecule has 2 aromatic heterocycles. The van der Waals surface area contributed by atoms with Crippen LogP contribution in [0.15, 0.2) is 24.5 Å². The number of carbonyl (C=O) groups excluding carboxylic acids is 2. The smallest absolute Gasteiger partial charge is 0.270 e. The second-order valence-electron chi connectivity index (χ2n) is 6.96. The Morgan fingerprint density at radius 3 is 2.81 bits per heavy atom. The van der Waals surface area contributed by atoms with Crippen LogP contribution >= 0.6 is 0 Å². The quantitative estimate of drug-likeness (QED) is 0.793. The molecule has 0 spiro atoms. The Morgan fingerprint density at radius 2 is 2.04 bits per heavy atom. The molecular formula is C18H26N6O2. The first-order valence-electron chi connectivity index (χ1n) is 9.10. The summed E-state index contributed by atoms with van der Waals surface area (Å²) in [5.41, 5.74) is 1.08. The molecule has 8 nitrogen and oxygen atoms in total. The topological polar surface area (TPSA) is 91.6 Å². The number of nitrogens with zero attached hydrogens (tertiary/aromatic N) is 4. The highest BCUT2D eigenvalue weighted by Crippen LogP contribution is 2.15. The van der Waals surface area contributed by atoms with Crippen molar-refractivity contribution in [1.29, 1.82) is 0 Å². The standard InChI is InChI=1S/C18H26N6O2/c1-13(3-8-20-17(25)14-6-11-23(2)12-7-14)22-18(26)15-4-9-19-16-5-10-21-24(15)16/h4-5,9-10,13-14H,3,6-8,11-12H2,1-2H3,(H,20,25)(H,22,26)/t13-/m0/s1. The molecule has 0 bridgehead atoms. The Bertz CT molecular complexity index is 766. The lowest BCUT2D eigenvalue weighted by molar-refractivity contribution is -0.126. The Kier molecular flexibility index (Phi) is 5.82. The summed E-state index contributed by atoms with van der Waals surface area (Å²) in [7, 11) is 2.08. The molecule has 3 rings (SSSR count). The van der Waals surface area contributed by atoms with Gasteiger partial charge in [0.25, 0.3) is 5.91 Å². The van der Waals surface area contributed by atoms with Crippen molar-refractivity contribution in [3.05, 3.63) is 30.2 Å². The third-order valence-electron chi connectivity index (χ3n) is 4.87. The van der Waals surface area contributed by atoms with Gasteiger partial charge in [-0.25, -0.2) is 9.50 Å². The summed E-state index contributed by atoms with van der Waals surface area (Å²) < 4.78 is 1.52. The maximum absolute atomic E-state index is 12.5. The van der Waals surface area contributed by atoms with Gasteiger partial charge in [0.1, 0.15) is 5.69 Å². The maximum Gasteiger partial charge on any atom is 0.270 e. The van der Waals surface area contributed by atoms with E-state index in [1.807, 2.05) is 6.92 Å². The van der Waals surface area contributed by atoms with Crippen LogP contribution in [0.3, 0.4) is 0 Å². The van der Waals surface area contributed by atoms with Crippen LogP contribution in [0.2, 0.25) is 0 Å². The van der Waals surface area contributed by atoms with E-state index in [2.05, 4.69) is 32.7 Å². The van der Waals surface area contributed by atoms with E-state index in [9.17, 15) is 9.59 Å². The first kappa shape index (κ1) is 18.3. The van der Waals surface area contributed by atoms with Crippen molar-refractivity contribution in [1.82, 2.24) is 30.1 Å². The van der Waals surface area contributed by atoms with E-state index in [4.69, 9.17) is 0 Å². The molecular weight excluding hydrogens is 332 g/mol. The van der Waals surface area contributed by atoms with Gasteiger partial charge in [-0.2, -0.15) is 5.10 Å². The number of amides is 2. The number of fused-ring (bicyclic) bond motifs is 1. The Labute approximate surface area is 153 Å². The zero-order valence-corrected chi connectivity index (χ0v) is 15.3. The van der Waals surface area contributed by atoms with Gasteiger partial charge >= 0.3 is 0 Å². The van der Waals surface area contributed by atoms with E-state index in [-0.39, 0.29) is 23.8 Å². The van der Waals surface area contributed by atoms with Gasteiger partial charge in [0, 0.05) is 30.8 Å². The van der Waals surface area contributed by atoms with Crippen LogP contribution in [-0.2, 0) is 4.79 Å². The van der Waals surface area contributed by atoms with Crippen molar-refractivity contribution in [3.8, 4) is 0 Å². The second kappa shape index (κ2) is 8.27. The van der Waals surface area contributed by atoms with Crippen LogP contribution in [0.4, 0.5) is 0 Å². The predicted octanol–water partition coefficient (Wildman–Crippen LogP) is 0.696. The predicted molar refractivity (Wildman–Crippen MR) is 97.8 cm³/mol. The largest absolute Gasteiger partial charge is 0.356 e. The van der Waals surface area contributed by atoms with Crippen molar-refractivity contribution in [2.24, 2.45) is 5.92 Å². The molecule has 0 saturated carbocycles. The van der Waals surface area contributed by atoms with E-state index in [0.29, 0.717) is 24.3 Å². The highest BCUT2D eigenvalue weighted by Gasteiger charge is 2.23. The monoisotopic (exact) mass is 358 g/mol. The molecule has 2 amide bonds. The molecule has 0 aliphatic carbocycles. The number of nitrogens with one attached hydrogen (secondary N) is 2. The van der Waals surface area contributed by atoms with E-state index in [1.54, 1.807) is 24.5 Å². The maximum atomic E-state index is 12.5. The van der Waals surface area contributed by atoms with Crippen LogP contribution in [0.1, 0.15) is 36.7 Å². The van der Waals surface area contributed by atoms with Crippen molar-refractivity contribution in [2.75, 3.05) is 26.7 Å². The van der Waals surface area contributed by atoms with Gasteiger partial charge in [0.15, 0.2) is 5.65 Å². The van der Waals surface area contributed by atoms with Gasteiger partial charge in [0.05, 0.1) is 6.20 Å². The third-order valence-corrected chi connectivity index (χ3v) is 4.87. The average Bonchev–Trinajstić information content (AvgIpc) is 3.10. The third kappa shape index (κ3) is 4.37. The molecule has 1 saturated heterocycles. The zero-order chi connectivity index (χ0) is 18.5. The van der Waals surface area contributed by atoms with Crippen molar-refractivity contribution >= 4 is 17.5 Å². The molecule has 2 aromatic rings. The lowest BCUT2D eigenvalue weighted by Crippen LogP contribution is -2.41. The molecule has 26 heavy (non-hydrogen) atoms. The number of hydrogen-bond acceptors (Lipinski definition) is 5. The normalized spacial score (nSPS) is 17.2. The number of aromatic nitrogens is 3. The van der Waals surface area contributed by atoms with Crippen LogP contribution in [0.25, 0.3) is 5.65 Å². The highest BCUT2D eigenvalue weighted by molar-refractivity contribution is 5.93. The van der Waals surface area contributed by atoms with Crippen molar-refractivity contribution in [2.45, 2.75) is 32.2 Å². The molecule has 2 N–H and O–H groups in total. The van der Waals surface area contributed by atoms with Gasteiger partial charge in [-0.05, 0) is 52.4 Å². The minimum absolute atomic E-state index is 0.0564. The van der Waals surface area contributed by atoms with E-state index in [1.165, 1.54) is 4.52 Å². The van der Waals surface area contributed by atoms with E-state index < -0.39 is 0 Å². The van der Waals surface area contributed by atoms with Gasteiger partial charge in [-0.3, -0.25) is 9.59 Å². The van der Waals surface area contributed by atoms with Gasteiger partial charge in [-0.1, -0.05) is 0 Å². The van der Waals surface area contributed by atoms with Crippen LogP contribution in [-0.4, -0.2) is 64.0 Å². The Hall–Kier alpha value is -2.48. The molecule has 1 fully saturated rings. The summed E-state index contributed by atoms with van der Waals surface area (Å²) in [6.45, 7) is 4.43. The molecule has 8 heteroatoms. The SMILES string of the molecule is C[C@@H](CCNC(=O)C1CCN(C)CC1)NC(=O)c1ccnc2ccnn12. The molecule has 0 aromatic carbocycles. The minimum atomic E-state index is -0.199. The van der Waals surface area contributed by atoms with Gasteiger partial charge < -0.3 is 15.5 Å². The van der Waals surface area contributed by atoms with E-state index in [0.717, 1.165) is 25.9 Å². The van der Waals surface area contributed by atoms with Gasteiger partial charge in [0.2, 0.25) is 5.91 Å². The molecule has 0 radical (unpaired) electrons. The van der Waals surface area contributed by atoms with Gasteiger partial charge in [-0.15, -0.1) is 0 Å². The summed E-state index contributed by atoms with van der Waals surface area (Å²) in [5, 5.41) is 10.1. The Balaban J connectivity index is 1.44. The first-order chi connectivity index (χ1) is 12.5. The van der Waals surface area contributed by atoms with E-state index >= 15 is 0 Å².